The molecule has 3 N–H and O–H groups in total. The molecule has 0 aliphatic carbocycles. The molecule has 0 unspecified atom stereocenters. The van der Waals surface area contributed by atoms with E-state index in [1.54, 1.807) is 0 Å². The van der Waals surface area contributed by atoms with Crippen LogP contribution in [-0.4, -0.2) is 30.7 Å². The lowest BCUT2D eigenvalue weighted by Crippen LogP contribution is -2.14. The summed E-state index contributed by atoms with van der Waals surface area (Å²) in [5, 5.41) is 7.26. The van der Waals surface area contributed by atoms with Crippen LogP contribution >= 0.6 is 0 Å². The van der Waals surface area contributed by atoms with Crippen molar-refractivity contribution in [2.24, 2.45) is 10.7 Å². The van der Waals surface area contributed by atoms with Gasteiger partial charge in [0.05, 0.1) is 17.9 Å². The third kappa shape index (κ3) is 4.26. The monoisotopic (exact) mass is 232 g/mol. The molecule has 0 heterocycles. The van der Waals surface area contributed by atoms with Crippen molar-refractivity contribution in [1.29, 1.82) is 5.41 Å². The standard InChI is InChI=1S/C13H20N4/c1-4-17(3)9-16-12-6-5-11(7-10(12)2)8-13(14)15/h5-7,9H,4,8H2,1-3H3,(H3,14,15). The van der Waals surface area contributed by atoms with Crippen LogP contribution in [0.5, 0.6) is 0 Å². The first-order chi connectivity index (χ1) is 8.02. The van der Waals surface area contributed by atoms with Crippen LogP contribution in [0.15, 0.2) is 23.2 Å². The van der Waals surface area contributed by atoms with E-state index in [0.29, 0.717) is 6.42 Å². The molecule has 0 radical (unpaired) electrons. The summed E-state index contributed by atoms with van der Waals surface area (Å²) in [5.74, 6) is 0.186. The average Bonchev–Trinajstić information content (AvgIpc) is 2.26. The minimum atomic E-state index is 0.186. The second kappa shape index (κ2) is 6.03. The fraction of sp³-hybridized carbons (Fsp3) is 0.385. The molecule has 1 aromatic carbocycles. The molecule has 0 fully saturated rings. The van der Waals surface area contributed by atoms with Gasteiger partial charge in [0.25, 0.3) is 0 Å². The molecule has 0 aliphatic heterocycles. The van der Waals surface area contributed by atoms with Gasteiger partial charge < -0.3 is 10.6 Å². The number of nitrogens with one attached hydrogen (secondary N) is 1. The van der Waals surface area contributed by atoms with Crippen molar-refractivity contribution in [2.45, 2.75) is 20.3 Å². The van der Waals surface area contributed by atoms with E-state index in [2.05, 4.69) is 11.9 Å². The number of nitrogens with zero attached hydrogens (tertiary/aromatic N) is 2. The molecular formula is C13H20N4. The van der Waals surface area contributed by atoms with E-state index >= 15 is 0 Å². The van der Waals surface area contributed by atoms with Gasteiger partial charge in [-0.2, -0.15) is 0 Å². The summed E-state index contributed by atoms with van der Waals surface area (Å²) < 4.78 is 0. The SMILES string of the molecule is CCN(C)C=Nc1ccc(CC(=N)N)cc1C. The smallest absolute Gasteiger partial charge is 0.0950 e. The van der Waals surface area contributed by atoms with E-state index in [9.17, 15) is 0 Å². The molecular weight excluding hydrogens is 212 g/mol. The minimum Gasteiger partial charge on any atom is -0.387 e. The van der Waals surface area contributed by atoms with E-state index in [4.69, 9.17) is 11.1 Å². The molecule has 4 nitrogen and oxygen atoms in total. The Morgan fingerprint density at radius 1 is 1.53 bits per heavy atom. The number of benzene rings is 1. The second-order valence-electron chi connectivity index (χ2n) is 4.14. The van der Waals surface area contributed by atoms with Gasteiger partial charge in [-0.3, -0.25) is 5.41 Å². The van der Waals surface area contributed by atoms with Gasteiger partial charge in [-0.1, -0.05) is 12.1 Å². The van der Waals surface area contributed by atoms with E-state index in [0.717, 1.165) is 23.4 Å². The fourth-order valence-corrected chi connectivity index (χ4v) is 1.43. The molecule has 0 aromatic heterocycles. The van der Waals surface area contributed by atoms with Crippen molar-refractivity contribution in [3.8, 4) is 0 Å². The van der Waals surface area contributed by atoms with Crippen LogP contribution in [0.1, 0.15) is 18.1 Å². The predicted molar refractivity (Wildman–Crippen MR) is 73.3 cm³/mol. The van der Waals surface area contributed by atoms with E-state index in [-0.39, 0.29) is 5.84 Å². The number of nitrogens with two attached hydrogens (primary N) is 1. The van der Waals surface area contributed by atoms with Gasteiger partial charge in [-0.25, -0.2) is 4.99 Å². The number of aliphatic imine (C=N–C) groups is 1. The lowest BCUT2D eigenvalue weighted by atomic mass is 10.1. The number of hydrogen-bond donors (Lipinski definition) is 2. The van der Waals surface area contributed by atoms with Gasteiger partial charge in [-0.15, -0.1) is 0 Å². The van der Waals surface area contributed by atoms with Crippen molar-refractivity contribution < 1.29 is 0 Å². The molecule has 4 heteroatoms. The van der Waals surface area contributed by atoms with Crippen LogP contribution in [0.4, 0.5) is 5.69 Å². The number of aryl methyl sites for hydroxylation is 1. The Balaban J connectivity index is 2.82. The van der Waals surface area contributed by atoms with Gasteiger partial charge in [-0.05, 0) is 31.0 Å². The largest absolute Gasteiger partial charge is 0.387 e. The van der Waals surface area contributed by atoms with Crippen molar-refractivity contribution in [2.75, 3.05) is 13.6 Å². The number of amidine groups is 1. The zero-order valence-corrected chi connectivity index (χ0v) is 10.7. The maximum Gasteiger partial charge on any atom is 0.0950 e. The highest BCUT2D eigenvalue weighted by atomic mass is 15.1. The van der Waals surface area contributed by atoms with Crippen LogP contribution in [0.2, 0.25) is 0 Å². The lowest BCUT2D eigenvalue weighted by Gasteiger charge is -2.09. The second-order valence-corrected chi connectivity index (χ2v) is 4.14. The quantitative estimate of drug-likeness (QED) is 0.603. The van der Waals surface area contributed by atoms with Crippen molar-refractivity contribution in [3.05, 3.63) is 29.3 Å². The molecule has 0 amide bonds. The fourth-order valence-electron chi connectivity index (χ4n) is 1.43. The summed E-state index contributed by atoms with van der Waals surface area (Å²) in [4.78, 5) is 6.43. The van der Waals surface area contributed by atoms with Crippen LogP contribution in [-0.2, 0) is 6.42 Å². The van der Waals surface area contributed by atoms with Gasteiger partial charge in [0.2, 0.25) is 0 Å². The van der Waals surface area contributed by atoms with Gasteiger partial charge in [0.1, 0.15) is 0 Å². The Labute approximate surface area is 103 Å². The maximum atomic E-state index is 7.26. The molecule has 0 atom stereocenters. The first-order valence-electron chi connectivity index (χ1n) is 5.69. The summed E-state index contributed by atoms with van der Waals surface area (Å²) in [6.45, 7) is 5.03. The summed E-state index contributed by atoms with van der Waals surface area (Å²) in [6.07, 6.45) is 2.33. The lowest BCUT2D eigenvalue weighted by molar-refractivity contribution is 0.552. The minimum absolute atomic E-state index is 0.186. The average molecular weight is 232 g/mol. The predicted octanol–water partition coefficient (Wildman–Crippen LogP) is 2.08. The molecule has 92 valence electrons. The molecule has 0 saturated heterocycles. The number of rotatable bonds is 5. The highest BCUT2D eigenvalue weighted by molar-refractivity contribution is 5.79. The first-order valence-corrected chi connectivity index (χ1v) is 5.69. The molecule has 1 aromatic rings. The number of hydrogen-bond acceptors (Lipinski definition) is 2. The van der Waals surface area contributed by atoms with Crippen molar-refractivity contribution in [3.63, 3.8) is 0 Å². The van der Waals surface area contributed by atoms with Gasteiger partial charge in [0, 0.05) is 20.0 Å². The Bertz CT molecular complexity index is 423. The molecule has 0 bridgehead atoms. The van der Waals surface area contributed by atoms with E-state index in [1.807, 2.05) is 43.4 Å². The molecule has 0 saturated carbocycles. The van der Waals surface area contributed by atoms with Crippen LogP contribution in [0, 0.1) is 12.3 Å². The molecule has 17 heavy (non-hydrogen) atoms. The zero-order valence-electron chi connectivity index (χ0n) is 10.7. The maximum absolute atomic E-state index is 7.26. The Morgan fingerprint density at radius 3 is 2.76 bits per heavy atom. The summed E-state index contributed by atoms with van der Waals surface area (Å²) >= 11 is 0. The molecule has 1 rings (SSSR count). The van der Waals surface area contributed by atoms with Gasteiger partial charge >= 0.3 is 0 Å². The third-order valence-corrected chi connectivity index (χ3v) is 2.55. The highest BCUT2D eigenvalue weighted by Crippen LogP contribution is 2.19. The Morgan fingerprint density at radius 2 is 2.24 bits per heavy atom. The van der Waals surface area contributed by atoms with Crippen molar-refractivity contribution >= 4 is 17.9 Å². The van der Waals surface area contributed by atoms with Crippen LogP contribution in [0.25, 0.3) is 0 Å². The van der Waals surface area contributed by atoms with Gasteiger partial charge in [0.15, 0.2) is 0 Å². The normalized spacial score (nSPS) is 10.8. The van der Waals surface area contributed by atoms with E-state index in [1.165, 1.54) is 0 Å². The molecule has 0 spiro atoms. The highest BCUT2D eigenvalue weighted by Gasteiger charge is 2.00. The van der Waals surface area contributed by atoms with Crippen LogP contribution < -0.4 is 5.73 Å². The van der Waals surface area contributed by atoms with E-state index < -0.39 is 0 Å². The Kier molecular flexibility index (Phi) is 4.69. The summed E-state index contributed by atoms with van der Waals surface area (Å²) in [5.41, 5.74) is 8.49. The van der Waals surface area contributed by atoms with Crippen LogP contribution in [0.3, 0.4) is 0 Å². The third-order valence-electron chi connectivity index (χ3n) is 2.55. The van der Waals surface area contributed by atoms with Crippen molar-refractivity contribution in [1.82, 2.24) is 4.90 Å². The summed E-state index contributed by atoms with van der Waals surface area (Å²) in [7, 11) is 1.99. The topological polar surface area (TPSA) is 65.5 Å². The molecule has 0 aliphatic rings. The first kappa shape index (κ1) is 13.2. The zero-order chi connectivity index (χ0) is 12.8. The Hall–Kier alpha value is -1.84. The summed E-state index contributed by atoms with van der Waals surface area (Å²) in [6, 6.07) is 5.96.